The van der Waals surface area contributed by atoms with Gasteiger partial charge < -0.3 is 5.32 Å². The number of allylic oxidation sites excluding steroid dienone is 2. The third-order valence-corrected chi connectivity index (χ3v) is 3.10. The summed E-state index contributed by atoms with van der Waals surface area (Å²) in [7, 11) is 0. The van der Waals surface area contributed by atoms with E-state index in [1.54, 1.807) is 24.4 Å². The Morgan fingerprint density at radius 2 is 2.25 bits per heavy atom. The molecule has 0 bridgehead atoms. The highest BCUT2D eigenvalue weighted by molar-refractivity contribution is 5.81. The highest BCUT2D eigenvalue weighted by atomic mass is 19.1. The second-order valence-corrected chi connectivity index (χ2v) is 4.69. The lowest BCUT2D eigenvalue weighted by Crippen LogP contribution is -2.26. The number of rotatable bonds is 5. The molecular formula is C15H18FN3O. The first-order valence-electron chi connectivity index (χ1n) is 6.71. The maximum Gasteiger partial charge on any atom is 0.259 e. The van der Waals surface area contributed by atoms with Crippen LogP contribution < -0.4 is 10.7 Å². The van der Waals surface area contributed by atoms with Gasteiger partial charge in [0.2, 0.25) is 0 Å². The van der Waals surface area contributed by atoms with Crippen molar-refractivity contribution in [3.8, 4) is 0 Å². The van der Waals surface area contributed by atoms with Crippen molar-refractivity contribution in [1.82, 2.24) is 5.43 Å². The average Bonchev–Trinajstić information content (AvgIpc) is 2.47. The Hall–Kier alpha value is -2.17. The standard InChI is InChI=1S/C15H18FN3O/c16-13-8-4-5-9-14(13)17-11-15(20)19-18-10-12-6-2-1-3-7-12/h1-2,4-5,8-10,12,17H,3,6-7,11H2,(H,19,20)/b18-10-/t12-/m1/s1. The first-order chi connectivity index (χ1) is 9.75. The van der Waals surface area contributed by atoms with Crippen molar-refractivity contribution < 1.29 is 9.18 Å². The van der Waals surface area contributed by atoms with Crippen molar-refractivity contribution in [1.29, 1.82) is 0 Å². The van der Waals surface area contributed by atoms with E-state index in [2.05, 4.69) is 28.0 Å². The Bertz CT molecular complexity index is 514. The van der Waals surface area contributed by atoms with Crippen LogP contribution in [0.15, 0.2) is 41.5 Å². The van der Waals surface area contributed by atoms with E-state index in [-0.39, 0.29) is 18.3 Å². The zero-order chi connectivity index (χ0) is 14.2. The first-order valence-corrected chi connectivity index (χ1v) is 6.71. The van der Waals surface area contributed by atoms with Crippen molar-refractivity contribution in [3.63, 3.8) is 0 Å². The molecule has 20 heavy (non-hydrogen) atoms. The highest BCUT2D eigenvalue weighted by Crippen LogP contribution is 2.15. The maximum atomic E-state index is 13.3. The van der Waals surface area contributed by atoms with Gasteiger partial charge in [0.1, 0.15) is 5.82 Å². The van der Waals surface area contributed by atoms with Gasteiger partial charge in [-0.15, -0.1) is 0 Å². The zero-order valence-electron chi connectivity index (χ0n) is 11.2. The van der Waals surface area contributed by atoms with Gasteiger partial charge in [-0.3, -0.25) is 4.79 Å². The number of carbonyl (C=O) groups is 1. The van der Waals surface area contributed by atoms with E-state index in [4.69, 9.17) is 0 Å². The number of anilines is 1. The second kappa shape index (κ2) is 7.43. The largest absolute Gasteiger partial charge is 0.374 e. The van der Waals surface area contributed by atoms with Crippen molar-refractivity contribution in [2.24, 2.45) is 11.0 Å². The smallest absolute Gasteiger partial charge is 0.259 e. The van der Waals surface area contributed by atoms with E-state index in [0.717, 1.165) is 19.3 Å². The predicted octanol–water partition coefficient (Wildman–Crippen LogP) is 2.70. The fraction of sp³-hybridized carbons (Fsp3) is 0.333. The summed E-state index contributed by atoms with van der Waals surface area (Å²) in [5, 5.41) is 6.67. The number of carbonyl (C=O) groups excluding carboxylic acids is 1. The zero-order valence-corrected chi connectivity index (χ0v) is 11.2. The van der Waals surface area contributed by atoms with Gasteiger partial charge in [-0.05, 0) is 37.3 Å². The molecule has 1 amide bonds. The number of hydrogen-bond acceptors (Lipinski definition) is 3. The molecule has 1 aliphatic rings. The number of benzene rings is 1. The number of nitrogens with one attached hydrogen (secondary N) is 2. The van der Waals surface area contributed by atoms with Gasteiger partial charge >= 0.3 is 0 Å². The molecule has 1 aromatic carbocycles. The van der Waals surface area contributed by atoms with Crippen LogP contribution in [0, 0.1) is 11.7 Å². The van der Waals surface area contributed by atoms with Crippen LogP contribution in [0.25, 0.3) is 0 Å². The average molecular weight is 275 g/mol. The topological polar surface area (TPSA) is 53.5 Å². The molecule has 2 N–H and O–H groups in total. The summed E-state index contributed by atoms with van der Waals surface area (Å²) >= 11 is 0. The molecule has 0 spiro atoms. The summed E-state index contributed by atoms with van der Waals surface area (Å²) in [6.45, 7) is -0.0111. The fourth-order valence-electron chi connectivity index (χ4n) is 1.99. The molecule has 0 radical (unpaired) electrons. The van der Waals surface area contributed by atoms with Crippen LogP contribution in [-0.4, -0.2) is 18.7 Å². The Morgan fingerprint density at radius 3 is 3.00 bits per heavy atom. The number of hydrazone groups is 1. The molecule has 0 saturated carbocycles. The second-order valence-electron chi connectivity index (χ2n) is 4.69. The molecule has 106 valence electrons. The Balaban J connectivity index is 1.71. The van der Waals surface area contributed by atoms with Crippen LogP contribution in [0.5, 0.6) is 0 Å². The van der Waals surface area contributed by atoms with Crippen LogP contribution in [0.4, 0.5) is 10.1 Å². The van der Waals surface area contributed by atoms with Gasteiger partial charge in [-0.2, -0.15) is 5.10 Å². The molecule has 1 aliphatic carbocycles. The highest BCUT2D eigenvalue weighted by Gasteiger charge is 2.07. The lowest BCUT2D eigenvalue weighted by atomic mass is 9.96. The molecule has 0 aromatic heterocycles. The van der Waals surface area contributed by atoms with E-state index in [1.807, 2.05) is 0 Å². The monoisotopic (exact) mass is 275 g/mol. The minimum Gasteiger partial charge on any atom is -0.374 e. The third-order valence-electron chi connectivity index (χ3n) is 3.10. The molecule has 0 aliphatic heterocycles. The minimum atomic E-state index is -0.377. The van der Waals surface area contributed by atoms with Crippen molar-refractivity contribution >= 4 is 17.8 Å². The van der Waals surface area contributed by atoms with Crippen LogP contribution in [-0.2, 0) is 4.79 Å². The third kappa shape index (κ3) is 4.50. The van der Waals surface area contributed by atoms with E-state index >= 15 is 0 Å². The Morgan fingerprint density at radius 1 is 1.40 bits per heavy atom. The van der Waals surface area contributed by atoms with Gasteiger partial charge in [0, 0.05) is 6.21 Å². The molecule has 1 atom stereocenters. The van der Waals surface area contributed by atoms with Crippen molar-refractivity contribution in [2.75, 3.05) is 11.9 Å². The van der Waals surface area contributed by atoms with Gasteiger partial charge in [0.15, 0.2) is 0 Å². The molecule has 5 heteroatoms. The lowest BCUT2D eigenvalue weighted by molar-refractivity contribution is -0.119. The molecule has 0 fully saturated rings. The molecule has 1 aromatic rings. The van der Waals surface area contributed by atoms with Crippen LogP contribution >= 0.6 is 0 Å². The van der Waals surface area contributed by atoms with Crippen LogP contribution in [0.1, 0.15) is 19.3 Å². The molecule has 0 unspecified atom stereocenters. The molecule has 4 nitrogen and oxygen atoms in total. The van der Waals surface area contributed by atoms with Crippen molar-refractivity contribution in [2.45, 2.75) is 19.3 Å². The van der Waals surface area contributed by atoms with Gasteiger partial charge in [0.05, 0.1) is 12.2 Å². The summed E-state index contributed by atoms with van der Waals surface area (Å²) in [5.41, 5.74) is 2.75. The predicted molar refractivity (Wildman–Crippen MR) is 78.0 cm³/mol. The SMILES string of the molecule is O=C(CNc1ccccc1F)N/N=C\[C@@H]1CC=CCC1. The number of amides is 1. The van der Waals surface area contributed by atoms with Gasteiger partial charge in [-0.25, -0.2) is 9.82 Å². The summed E-state index contributed by atoms with van der Waals surface area (Å²) in [6, 6.07) is 6.23. The van der Waals surface area contributed by atoms with Crippen LogP contribution in [0.3, 0.4) is 0 Å². The summed E-state index contributed by atoms with van der Waals surface area (Å²) < 4.78 is 13.3. The molecular weight excluding hydrogens is 257 g/mol. The fourth-order valence-corrected chi connectivity index (χ4v) is 1.99. The summed E-state index contributed by atoms with van der Waals surface area (Å²) in [6.07, 6.45) is 9.13. The molecule has 0 heterocycles. The number of para-hydroxylation sites is 1. The van der Waals surface area contributed by atoms with Crippen molar-refractivity contribution in [3.05, 3.63) is 42.2 Å². The first kappa shape index (κ1) is 14.2. The van der Waals surface area contributed by atoms with Gasteiger partial charge in [0.25, 0.3) is 5.91 Å². The number of halogens is 1. The Labute approximate surface area is 117 Å². The quantitative estimate of drug-likeness (QED) is 0.493. The summed E-state index contributed by atoms with van der Waals surface area (Å²) in [4.78, 5) is 11.5. The number of hydrogen-bond donors (Lipinski definition) is 2. The van der Waals surface area contributed by atoms with E-state index in [1.165, 1.54) is 6.07 Å². The Kier molecular flexibility index (Phi) is 5.29. The number of nitrogens with zero attached hydrogens (tertiary/aromatic N) is 1. The van der Waals surface area contributed by atoms with E-state index in [0.29, 0.717) is 11.6 Å². The maximum absolute atomic E-state index is 13.3. The van der Waals surface area contributed by atoms with E-state index in [9.17, 15) is 9.18 Å². The molecule has 2 rings (SSSR count). The summed E-state index contributed by atoms with van der Waals surface area (Å²) in [5.74, 6) is -0.284. The lowest BCUT2D eigenvalue weighted by Gasteiger charge is -2.11. The van der Waals surface area contributed by atoms with E-state index < -0.39 is 0 Å². The molecule has 0 saturated heterocycles. The van der Waals surface area contributed by atoms with Crippen LogP contribution in [0.2, 0.25) is 0 Å². The minimum absolute atomic E-state index is 0.0111. The normalized spacial score (nSPS) is 18.1. The van der Waals surface area contributed by atoms with Gasteiger partial charge in [-0.1, -0.05) is 24.3 Å².